The van der Waals surface area contributed by atoms with E-state index in [4.69, 9.17) is 4.42 Å². The number of nitrogens with zero attached hydrogens (tertiary/aromatic N) is 3. The summed E-state index contributed by atoms with van der Waals surface area (Å²) in [6.07, 6.45) is 6.20. The highest BCUT2D eigenvalue weighted by molar-refractivity contribution is 5.93. The van der Waals surface area contributed by atoms with Gasteiger partial charge in [0.15, 0.2) is 5.76 Å². The van der Waals surface area contributed by atoms with E-state index in [0.717, 1.165) is 12.8 Å². The Bertz CT molecular complexity index is 797. The van der Waals surface area contributed by atoms with Gasteiger partial charge in [0.2, 0.25) is 0 Å². The minimum atomic E-state index is -0.816. The summed E-state index contributed by atoms with van der Waals surface area (Å²) in [5, 5.41) is 13.9. The van der Waals surface area contributed by atoms with Crippen LogP contribution in [0.25, 0.3) is 0 Å². The maximum Gasteiger partial charge on any atom is 0.311 e. The molecule has 132 valence electrons. The van der Waals surface area contributed by atoms with E-state index in [2.05, 4.69) is 5.10 Å². The second-order valence-corrected chi connectivity index (χ2v) is 6.95. The van der Waals surface area contributed by atoms with Crippen molar-refractivity contribution in [2.24, 2.45) is 5.41 Å². The van der Waals surface area contributed by atoms with Gasteiger partial charge in [0.1, 0.15) is 5.76 Å². The number of amides is 1. The molecule has 2 saturated heterocycles. The van der Waals surface area contributed by atoms with Crippen LogP contribution in [0.2, 0.25) is 0 Å². The van der Waals surface area contributed by atoms with Gasteiger partial charge in [-0.05, 0) is 43.9 Å². The normalized spacial score (nSPS) is 27.8. The molecule has 1 amide bonds. The van der Waals surface area contributed by atoms with E-state index < -0.39 is 11.4 Å². The van der Waals surface area contributed by atoms with Crippen LogP contribution in [-0.4, -0.2) is 43.7 Å². The Morgan fingerprint density at radius 1 is 1.40 bits per heavy atom. The van der Waals surface area contributed by atoms with Crippen molar-refractivity contribution >= 4 is 11.9 Å². The first-order valence-electron chi connectivity index (χ1n) is 8.67. The minimum Gasteiger partial charge on any atom is -0.481 e. The number of aromatic nitrogens is 2. The Hall–Kier alpha value is -2.57. The van der Waals surface area contributed by atoms with Crippen LogP contribution in [-0.2, 0) is 11.3 Å². The zero-order chi connectivity index (χ0) is 17.6. The Balaban J connectivity index is 1.56. The molecule has 4 rings (SSSR count). The first kappa shape index (κ1) is 15.9. The van der Waals surface area contributed by atoms with Crippen molar-refractivity contribution in [1.82, 2.24) is 14.7 Å². The Morgan fingerprint density at radius 2 is 2.24 bits per heavy atom. The molecule has 7 nitrogen and oxygen atoms in total. The van der Waals surface area contributed by atoms with Crippen molar-refractivity contribution in [3.8, 4) is 0 Å². The van der Waals surface area contributed by atoms with Crippen LogP contribution < -0.4 is 0 Å². The molecule has 7 heteroatoms. The van der Waals surface area contributed by atoms with E-state index in [1.165, 1.54) is 0 Å². The molecule has 2 bridgehead atoms. The predicted octanol–water partition coefficient (Wildman–Crippen LogP) is 2.38. The molecule has 0 aliphatic carbocycles. The van der Waals surface area contributed by atoms with E-state index in [9.17, 15) is 14.7 Å². The highest BCUT2D eigenvalue weighted by Crippen LogP contribution is 2.52. The second-order valence-electron chi connectivity index (χ2n) is 6.95. The fourth-order valence-corrected chi connectivity index (χ4v) is 4.51. The Kier molecular flexibility index (Phi) is 3.67. The van der Waals surface area contributed by atoms with E-state index in [0.29, 0.717) is 25.1 Å². The average molecular weight is 343 g/mol. The first-order chi connectivity index (χ1) is 12.0. The van der Waals surface area contributed by atoms with E-state index >= 15 is 0 Å². The van der Waals surface area contributed by atoms with Crippen LogP contribution in [0, 0.1) is 5.41 Å². The van der Waals surface area contributed by atoms with Gasteiger partial charge in [-0.1, -0.05) is 6.92 Å². The molecular weight excluding hydrogens is 322 g/mol. The van der Waals surface area contributed by atoms with Gasteiger partial charge in [-0.25, -0.2) is 0 Å². The number of hydrogen-bond donors (Lipinski definition) is 1. The molecule has 0 radical (unpaired) electrons. The number of rotatable bonds is 5. The minimum absolute atomic E-state index is 0.00628. The lowest BCUT2D eigenvalue weighted by molar-refractivity contribution is -0.151. The van der Waals surface area contributed by atoms with Crippen molar-refractivity contribution in [3.63, 3.8) is 0 Å². The number of aliphatic carboxylic acids is 1. The van der Waals surface area contributed by atoms with E-state index in [-0.39, 0.29) is 23.8 Å². The van der Waals surface area contributed by atoms with E-state index in [1.54, 1.807) is 27.9 Å². The molecule has 0 unspecified atom stereocenters. The van der Waals surface area contributed by atoms with Gasteiger partial charge in [-0.15, -0.1) is 0 Å². The zero-order valence-electron chi connectivity index (χ0n) is 14.1. The standard InChI is InChI=1S/C18H21N3O4/c1-2-18(17(23)24)10-12-4-7-15(18)21(12)16(22)14-6-5-13(25-14)11-20-9-3-8-19-20/h3,5-6,8-9,12,15H,2,4,7,10-11H2,1H3,(H,23,24)/t12-,15+,18+/m0/s1. The third kappa shape index (κ3) is 2.37. The van der Waals surface area contributed by atoms with Crippen molar-refractivity contribution in [2.75, 3.05) is 0 Å². The fourth-order valence-electron chi connectivity index (χ4n) is 4.51. The summed E-state index contributed by atoms with van der Waals surface area (Å²) in [5.74, 6) is -0.0652. The highest BCUT2D eigenvalue weighted by Gasteiger charge is 2.60. The lowest BCUT2D eigenvalue weighted by atomic mass is 9.72. The maximum atomic E-state index is 13.0. The molecule has 0 aromatic carbocycles. The van der Waals surface area contributed by atoms with Crippen LogP contribution in [0.1, 0.15) is 48.9 Å². The topological polar surface area (TPSA) is 88.6 Å². The van der Waals surface area contributed by atoms with Gasteiger partial charge in [-0.3, -0.25) is 14.3 Å². The molecule has 2 aromatic heterocycles. The van der Waals surface area contributed by atoms with Crippen LogP contribution in [0.5, 0.6) is 0 Å². The molecule has 0 spiro atoms. The summed E-state index contributed by atoms with van der Waals surface area (Å²) in [5.41, 5.74) is -0.816. The van der Waals surface area contributed by atoms with Crippen LogP contribution in [0.15, 0.2) is 35.0 Å². The lowest BCUT2D eigenvalue weighted by Crippen LogP contribution is -2.44. The number of carbonyl (C=O) groups excluding carboxylic acids is 1. The smallest absolute Gasteiger partial charge is 0.311 e. The number of carboxylic acids is 1. The van der Waals surface area contributed by atoms with Crippen LogP contribution >= 0.6 is 0 Å². The number of fused-ring (bicyclic) bond motifs is 2. The highest BCUT2D eigenvalue weighted by atomic mass is 16.4. The average Bonchev–Trinajstić information content (AvgIpc) is 3.38. The molecule has 1 N–H and O–H groups in total. The molecule has 2 aromatic rings. The first-order valence-corrected chi connectivity index (χ1v) is 8.67. The fraction of sp³-hybridized carbons (Fsp3) is 0.500. The van der Waals surface area contributed by atoms with Gasteiger partial charge in [0.25, 0.3) is 5.91 Å². The van der Waals surface area contributed by atoms with Gasteiger partial charge >= 0.3 is 5.97 Å². The predicted molar refractivity (Wildman–Crippen MR) is 88.0 cm³/mol. The Labute approximate surface area is 145 Å². The van der Waals surface area contributed by atoms with Crippen molar-refractivity contribution in [2.45, 2.75) is 51.2 Å². The van der Waals surface area contributed by atoms with Gasteiger partial charge in [-0.2, -0.15) is 5.10 Å². The number of carboxylic acid groups (broad SMARTS) is 1. The number of furan rings is 1. The molecule has 25 heavy (non-hydrogen) atoms. The molecule has 2 aliphatic heterocycles. The molecular formula is C18H21N3O4. The lowest BCUT2D eigenvalue weighted by Gasteiger charge is -2.32. The SMILES string of the molecule is CC[C@@]1(C(=O)O)C[C@@H]2CC[C@H]1N2C(=O)c1ccc(Cn2cccn2)o1. The van der Waals surface area contributed by atoms with Crippen molar-refractivity contribution in [1.29, 1.82) is 0 Å². The van der Waals surface area contributed by atoms with Crippen molar-refractivity contribution in [3.05, 3.63) is 42.1 Å². The summed E-state index contributed by atoms with van der Waals surface area (Å²) >= 11 is 0. The monoisotopic (exact) mass is 343 g/mol. The van der Waals surface area contributed by atoms with Crippen LogP contribution in [0.4, 0.5) is 0 Å². The largest absolute Gasteiger partial charge is 0.481 e. The molecule has 2 fully saturated rings. The molecule has 2 aliphatic rings. The zero-order valence-corrected chi connectivity index (χ0v) is 14.1. The third-order valence-corrected chi connectivity index (χ3v) is 5.78. The summed E-state index contributed by atoms with van der Waals surface area (Å²) in [4.78, 5) is 26.6. The Morgan fingerprint density at radius 3 is 2.88 bits per heavy atom. The van der Waals surface area contributed by atoms with Gasteiger partial charge in [0, 0.05) is 24.5 Å². The summed E-state index contributed by atoms with van der Waals surface area (Å²) < 4.78 is 7.44. The quantitative estimate of drug-likeness (QED) is 0.900. The number of hydrogen-bond acceptors (Lipinski definition) is 4. The van der Waals surface area contributed by atoms with Crippen LogP contribution in [0.3, 0.4) is 0 Å². The number of carbonyl (C=O) groups is 2. The summed E-state index contributed by atoms with van der Waals surface area (Å²) in [7, 11) is 0. The van der Waals surface area contributed by atoms with E-state index in [1.807, 2.05) is 19.2 Å². The second kappa shape index (κ2) is 5.75. The molecule has 0 saturated carbocycles. The van der Waals surface area contributed by atoms with Gasteiger partial charge in [0.05, 0.1) is 12.0 Å². The van der Waals surface area contributed by atoms with Gasteiger partial charge < -0.3 is 14.4 Å². The maximum absolute atomic E-state index is 13.0. The molecule has 4 heterocycles. The summed E-state index contributed by atoms with van der Waals surface area (Å²) in [6.45, 7) is 2.35. The van der Waals surface area contributed by atoms with Crippen molar-refractivity contribution < 1.29 is 19.1 Å². The third-order valence-electron chi connectivity index (χ3n) is 5.78. The summed E-state index contributed by atoms with van der Waals surface area (Å²) in [6, 6.07) is 5.03. The molecule has 3 atom stereocenters.